The summed E-state index contributed by atoms with van der Waals surface area (Å²) in [7, 11) is 0. The van der Waals surface area contributed by atoms with Crippen molar-refractivity contribution in [2.45, 2.75) is 13.8 Å². The third-order valence-electron chi connectivity index (χ3n) is 1.39. The highest BCUT2D eigenvalue weighted by atomic mass is 16.3. The van der Waals surface area contributed by atoms with Gasteiger partial charge in [0.25, 0.3) is 0 Å². The second-order valence-corrected chi connectivity index (χ2v) is 2.17. The van der Waals surface area contributed by atoms with Gasteiger partial charge in [-0.25, -0.2) is 0 Å². The Morgan fingerprint density at radius 2 is 2.30 bits per heavy atom. The zero-order valence-electron chi connectivity index (χ0n) is 6.09. The Kier molecular flexibility index (Phi) is 1.76. The molecular formula is C7H10N2O. The SMILES string of the molecule is Cc1cc(C=NN)oc1C. The van der Waals surface area contributed by atoms with Gasteiger partial charge in [0.1, 0.15) is 11.5 Å². The summed E-state index contributed by atoms with van der Waals surface area (Å²) in [4.78, 5) is 0. The van der Waals surface area contributed by atoms with Gasteiger partial charge in [0.2, 0.25) is 0 Å². The number of hydrazone groups is 1. The number of hydrogen-bond donors (Lipinski definition) is 1. The van der Waals surface area contributed by atoms with E-state index in [9.17, 15) is 0 Å². The minimum atomic E-state index is 0.706. The van der Waals surface area contributed by atoms with Crippen molar-refractivity contribution < 1.29 is 4.42 Å². The van der Waals surface area contributed by atoms with Crippen LogP contribution in [0.15, 0.2) is 15.6 Å². The molecule has 0 amide bonds. The van der Waals surface area contributed by atoms with E-state index in [1.165, 1.54) is 6.21 Å². The smallest absolute Gasteiger partial charge is 0.147 e. The molecule has 0 spiro atoms. The third-order valence-corrected chi connectivity index (χ3v) is 1.39. The molecule has 3 heteroatoms. The Morgan fingerprint density at radius 1 is 1.60 bits per heavy atom. The van der Waals surface area contributed by atoms with E-state index in [1.807, 2.05) is 19.9 Å². The average Bonchev–Trinajstić information content (AvgIpc) is 2.14. The first-order chi connectivity index (χ1) is 4.74. The van der Waals surface area contributed by atoms with Crippen molar-refractivity contribution in [3.63, 3.8) is 0 Å². The van der Waals surface area contributed by atoms with Crippen molar-refractivity contribution in [1.82, 2.24) is 0 Å². The molecule has 0 atom stereocenters. The molecule has 0 aliphatic heterocycles. The van der Waals surface area contributed by atoms with Crippen LogP contribution in [0.3, 0.4) is 0 Å². The molecule has 0 unspecified atom stereocenters. The second-order valence-electron chi connectivity index (χ2n) is 2.17. The van der Waals surface area contributed by atoms with Gasteiger partial charge in [0.15, 0.2) is 0 Å². The number of nitrogens with two attached hydrogens (primary N) is 1. The maximum absolute atomic E-state index is 5.23. The number of nitrogens with zero attached hydrogens (tertiary/aromatic N) is 1. The van der Waals surface area contributed by atoms with Gasteiger partial charge in [-0.3, -0.25) is 0 Å². The van der Waals surface area contributed by atoms with Crippen LogP contribution < -0.4 is 5.84 Å². The Labute approximate surface area is 59.5 Å². The quantitative estimate of drug-likeness (QED) is 0.360. The molecule has 0 aliphatic carbocycles. The first-order valence-electron chi connectivity index (χ1n) is 3.04. The molecule has 1 heterocycles. The Balaban J connectivity index is 2.98. The van der Waals surface area contributed by atoms with E-state index in [2.05, 4.69) is 5.10 Å². The zero-order valence-corrected chi connectivity index (χ0v) is 6.09. The second kappa shape index (κ2) is 2.56. The lowest BCUT2D eigenvalue weighted by molar-refractivity contribution is 0.525. The van der Waals surface area contributed by atoms with Gasteiger partial charge in [0.05, 0.1) is 6.21 Å². The maximum Gasteiger partial charge on any atom is 0.147 e. The summed E-state index contributed by atoms with van der Waals surface area (Å²) < 4.78 is 5.23. The Morgan fingerprint density at radius 3 is 2.70 bits per heavy atom. The fourth-order valence-corrected chi connectivity index (χ4v) is 0.739. The fraction of sp³-hybridized carbons (Fsp3) is 0.286. The molecule has 0 radical (unpaired) electrons. The van der Waals surface area contributed by atoms with Crippen LogP contribution in [0.25, 0.3) is 0 Å². The molecule has 3 nitrogen and oxygen atoms in total. The standard InChI is InChI=1S/C7H10N2O/c1-5-3-7(4-9-8)10-6(5)2/h3-4H,8H2,1-2H3. The van der Waals surface area contributed by atoms with Crippen molar-refractivity contribution in [1.29, 1.82) is 0 Å². The predicted molar refractivity (Wildman–Crippen MR) is 40.0 cm³/mol. The fourth-order valence-electron chi connectivity index (χ4n) is 0.739. The number of rotatable bonds is 1. The van der Waals surface area contributed by atoms with Crippen molar-refractivity contribution in [3.8, 4) is 0 Å². The van der Waals surface area contributed by atoms with E-state index < -0.39 is 0 Å². The molecule has 0 aliphatic rings. The summed E-state index contributed by atoms with van der Waals surface area (Å²) in [5.41, 5.74) is 1.12. The molecule has 0 saturated heterocycles. The maximum atomic E-state index is 5.23. The minimum absolute atomic E-state index is 0.706. The van der Waals surface area contributed by atoms with Gasteiger partial charge in [0, 0.05) is 0 Å². The molecule has 1 rings (SSSR count). The van der Waals surface area contributed by atoms with Crippen LogP contribution in [0.5, 0.6) is 0 Å². The van der Waals surface area contributed by atoms with Crippen LogP contribution >= 0.6 is 0 Å². The summed E-state index contributed by atoms with van der Waals surface area (Å²) in [5, 5.41) is 3.34. The van der Waals surface area contributed by atoms with Gasteiger partial charge in [-0.15, -0.1) is 0 Å². The van der Waals surface area contributed by atoms with E-state index in [1.54, 1.807) is 0 Å². The van der Waals surface area contributed by atoms with Crippen LogP contribution in [-0.2, 0) is 0 Å². The first-order valence-corrected chi connectivity index (χ1v) is 3.04. The van der Waals surface area contributed by atoms with Crippen molar-refractivity contribution in [2.75, 3.05) is 0 Å². The van der Waals surface area contributed by atoms with Crippen LogP contribution in [0.2, 0.25) is 0 Å². The van der Waals surface area contributed by atoms with E-state index in [4.69, 9.17) is 10.3 Å². The Hall–Kier alpha value is -1.25. The molecule has 2 N–H and O–H groups in total. The minimum Gasteiger partial charge on any atom is -0.460 e. The van der Waals surface area contributed by atoms with E-state index in [0.29, 0.717) is 5.76 Å². The number of aryl methyl sites for hydroxylation is 2. The molecule has 0 saturated carbocycles. The summed E-state index contributed by atoms with van der Waals surface area (Å²) in [6.07, 6.45) is 1.49. The lowest BCUT2D eigenvalue weighted by Crippen LogP contribution is -1.81. The highest BCUT2D eigenvalue weighted by Gasteiger charge is 1.98. The molecule has 1 aromatic rings. The van der Waals surface area contributed by atoms with E-state index in [0.717, 1.165) is 11.3 Å². The van der Waals surface area contributed by atoms with Crippen LogP contribution in [-0.4, -0.2) is 6.21 Å². The molecule has 54 valence electrons. The van der Waals surface area contributed by atoms with E-state index >= 15 is 0 Å². The van der Waals surface area contributed by atoms with Crippen molar-refractivity contribution in [3.05, 3.63) is 23.2 Å². The van der Waals surface area contributed by atoms with Gasteiger partial charge in [-0.05, 0) is 25.5 Å². The lowest BCUT2D eigenvalue weighted by atomic mass is 10.3. The topological polar surface area (TPSA) is 51.5 Å². The summed E-state index contributed by atoms with van der Waals surface area (Å²) >= 11 is 0. The number of furan rings is 1. The number of hydrogen-bond acceptors (Lipinski definition) is 3. The summed E-state index contributed by atoms with van der Waals surface area (Å²) in [6.45, 7) is 3.88. The third kappa shape index (κ3) is 1.18. The summed E-state index contributed by atoms with van der Waals surface area (Å²) in [5.74, 6) is 6.55. The molecular weight excluding hydrogens is 128 g/mol. The molecule has 1 aromatic heterocycles. The monoisotopic (exact) mass is 138 g/mol. The highest BCUT2D eigenvalue weighted by molar-refractivity contribution is 5.75. The van der Waals surface area contributed by atoms with Crippen LogP contribution in [0, 0.1) is 13.8 Å². The van der Waals surface area contributed by atoms with Gasteiger partial charge in [-0.1, -0.05) is 0 Å². The van der Waals surface area contributed by atoms with Crippen LogP contribution in [0.1, 0.15) is 17.1 Å². The van der Waals surface area contributed by atoms with Crippen LogP contribution in [0.4, 0.5) is 0 Å². The predicted octanol–water partition coefficient (Wildman–Crippen LogP) is 1.19. The average molecular weight is 138 g/mol. The summed E-state index contributed by atoms with van der Waals surface area (Å²) in [6, 6.07) is 1.89. The molecule has 0 bridgehead atoms. The Bertz CT molecular complexity index is 231. The van der Waals surface area contributed by atoms with Gasteiger partial charge in [-0.2, -0.15) is 5.10 Å². The largest absolute Gasteiger partial charge is 0.460 e. The van der Waals surface area contributed by atoms with Gasteiger partial charge >= 0.3 is 0 Å². The normalized spacial score (nSPS) is 11.0. The molecule has 10 heavy (non-hydrogen) atoms. The van der Waals surface area contributed by atoms with E-state index in [-0.39, 0.29) is 0 Å². The first kappa shape index (κ1) is 6.86. The van der Waals surface area contributed by atoms with Crippen molar-refractivity contribution >= 4 is 6.21 Å². The zero-order chi connectivity index (χ0) is 7.56. The molecule has 0 fully saturated rings. The van der Waals surface area contributed by atoms with Crippen molar-refractivity contribution in [2.24, 2.45) is 10.9 Å². The lowest BCUT2D eigenvalue weighted by Gasteiger charge is -1.81. The van der Waals surface area contributed by atoms with Gasteiger partial charge < -0.3 is 10.3 Å². The highest BCUT2D eigenvalue weighted by Crippen LogP contribution is 2.10. The molecule has 0 aromatic carbocycles.